The molecule has 3 rings (SSSR count). The minimum Gasteiger partial charge on any atom is -0.326 e. The molecule has 2 N–H and O–H groups in total. The number of amides is 3. The first-order chi connectivity index (χ1) is 12.4. The number of nitrogens with zero attached hydrogens (tertiary/aromatic N) is 1. The Hall–Kier alpha value is -2.67. The van der Waals surface area contributed by atoms with Crippen LogP contribution in [0.1, 0.15) is 12.0 Å². The minimum absolute atomic E-state index is 0.0774. The van der Waals surface area contributed by atoms with E-state index in [4.69, 9.17) is 11.6 Å². The van der Waals surface area contributed by atoms with Gasteiger partial charge in [-0.3, -0.25) is 4.79 Å². The van der Waals surface area contributed by atoms with Crippen LogP contribution in [0.4, 0.5) is 25.0 Å². The number of carbonyl (C=O) groups is 2. The second-order valence-electron chi connectivity index (χ2n) is 5.96. The summed E-state index contributed by atoms with van der Waals surface area (Å²) < 4.78 is 27.2. The molecule has 1 aliphatic heterocycles. The number of halogens is 3. The highest BCUT2D eigenvalue weighted by molar-refractivity contribution is 6.31. The van der Waals surface area contributed by atoms with E-state index in [0.717, 1.165) is 0 Å². The Morgan fingerprint density at radius 1 is 1.27 bits per heavy atom. The Morgan fingerprint density at radius 3 is 2.77 bits per heavy atom. The molecule has 2 aromatic carbocycles. The van der Waals surface area contributed by atoms with E-state index in [-0.39, 0.29) is 22.4 Å². The van der Waals surface area contributed by atoms with Crippen molar-refractivity contribution < 1.29 is 18.4 Å². The number of benzene rings is 2. The average Bonchev–Trinajstić information content (AvgIpc) is 2.95. The van der Waals surface area contributed by atoms with Crippen LogP contribution in [0.25, 0.3) is 0 Å². The van der Waals surface area contributed by atoms with E-state index in [9.17, 15) is 18.4 Å². The van der Waals surface area contributed by atoms with Crippen LogP contribution in [0.3, 0.4) is 0 Å². The van der Waals surface area contributed by atoms with Gasteiger partial charge in [-0.25, -0.2) is 13.6 Å². The van der Waals surface area contributed by atoms with Gasteiger partial charge in [0.05, 0.1) is 10.7 Å². The number of anilines is 2. The highest BCUT2D eigenvalue weighted by atomic mass is 35.5. The Labute approximate surface area is 153 Å². The van der Waals surface area contributed by atoms with Crippen LogP contribution in [0, 0.1) is 18.6 Å². The molecule has 0 bridgehead atoms. The highest BCUT2D eigenvalue weighted by Gasteiger charge is 2.33. The van der Waals surface area contributed by atoms with Crippen molar-refractivity contribution in [3.8, 4) is 0 Å². The van der Waals surface area contributed by atoms with E-state index in [1.54, 1.807) is 13.0 Å². The minimum atomic E-state index is -0.748. The summed E-state index contributed by atoms with van der Waals surface area (Å²) >= 11 is 5.67. The molecule has 1 saturated heterocycles. The normalized spacial score (nSPS) is 16.7. The van der Waals surface area contributed by atoms with Crippen molar-refractivity contribution in [1.82, 2.24) is 5.32 Å². The summed E-state index contributed by atoms with van der Waals surface area (Å²) in [7, 11) is 0. The van der Waals surface area contributed by atoms with E-state index in [1.807, 2.05) is 0 Å². The molecule has 0 saturated carbocycles. The number of aryl methyl sites for hydroxylation is 1. The molecule has 1 fully saturated rings. The van der Waals surface area contributed by atoms with Crippen LogP contribution in [0.5, 0.6) is 0 Å². The fraction of sp³-hybridized carbons (Fsp3) is 0.222. The second-order valence-corrected chi connectivity index (χ2v) is 6.37. The van der Waals surface area contributed by atoms with Crippen LogP contribution in [0.2, 0.25) is 5.02 Å². The van der Waals surface area contributed by atoms with E-state index >= 15 is 0 Å². The summed E-state index contributed by atoms with van der Waals surface area (Å²) in [4.78, 5) is 26.1. The fourth-order valence-corrected chi connectivity index (χ4v) is 2.96. The smallest absolute Gasteiger partial charge is 0.319 e. The van der Waals surface area contributed by atoms with Crippen molar-refractivity contribution in [2.24, 2.45) is 0 Å². The third-order valence-corrected chi connectivity index (χ3v) is 4.46. The zero-order valence-corrected chi connectivity index (χ0v) is 14.6. The topological polar surface area (TPSA) is 61.4 Å². The number of urea groups is 1. The Kier molecular flexibility index (Phi) is 5.08. The van der Waals surface area contributed by atoms with Crippen molar-refractivity contribution in [2.75, 3.05) is 16.8 Å². The molecule has 8 heteroatoms. The number of hydrogen-bond donors (Lipinski definition) is 2. The third kappa shape index (κ3) is 3.62. The Morgan fingerprint density at radius 2 is 2.04 bits per heavy atom. The zero-order valence-electron chi connectivity index (χ0n) is 13.9. The first-order valence-electron chi connectivity index (χ1n) is 7.96. The van der Waals surface area contributed by atoms with Gasteiger partial charge >= 0.3 is 6.03 Å². The van der Waals surface area contributed by atoms with Gasteiger partial charge in [0.1, 0.15) is 11.9 Å². The van der Waals surface area contributed by atoms with E-state index < -0.39 is 17.9 Å². The van der Waals surface area contributed by atoms with Gasteiger partial charge in [0.25, 0.3) is 0 Å². The van der Waals surface area contributed by atoms with Gasteiger partial charge in [0.15, 0.2) is 5.82 Å². The van der Waals surface area contributed by atoms with E-state index in [1.165, 1.54) is 35.2 Å². The van der Waals surface area contributed by atoms with E-state index in [2.05, 4.69) is 10.6 Å². The summed E-state index contributed by atoms with van der Waals surface area (Å²) in [6.07, 6.45) is 0.390. The predicted octanol–water partition coefficient (Wildman–Crippen LogP) is 3.85. The van der Waals surface area contributed by atoms with Crippen LogP contribution < -0.4 is 15.5 Å². The van der Waals surface area contributed by atoms with Crippen molar-refractivity contribution >= 4 is 34.9 Å². The molecule has 3 amide bonds. The lowest BCUT2D eigenvalue weighted by molar-refractivity contribution is -0.118. The summed E-state index contributed by atoms with van der Waals surface area (Å²) in [5.74, 6) is -1.40. The van der Waals surface area contributed by atoms with Crippen molar-refractivity contribution in [1.29, 1.82) is 0 Å². The van der Waals surface area contributed by atoms with Gasteiger partial charge in [-0.2, -0.15) is 0 Å². The number of hydrogen-bond acceptors (Lipinski definition) is 2. The maximum atomic E-state index is 13.8. The zero-order chi connectivity index (χ0) is 18.8. The Bertz CT molecular complexity index is 876. The third-order valence-electron chi connectivity index (χ3n) is 4.16. The van der Waals surface area contributed by atoms with Crippen LogP contribution in [-0.4, -0.2) is 24.5 Å². The SMILES string of the molecule is Cc1cc(N2CC[C@H](NC(=O)Nc3cccc(Cl)c3F)C2=O)ccc1F. The molecule has 26 heavy (non-hydrogen) atoms. The lowest BCUT2D eigenvalue weighted by Gasteiger charge is -2.18. The van der Waals surface area contributed by atoms with Crippen molar-refractivity contribution in [3.05, 3.63) is 58.6 Å². The number of nitrogens with one attached hydrogen (secondary N) is 2. The molecule has 0 radical (unpaired) electrons. The molecule has 1 aliphatic rings. The first-order valence-corrected chi connectivity index (χ1v) is 8.33. The lowest BCUT2D eigenvalue weighted by Crippen LogP contribution is -2.43. The van der Waals surface area contributed by atoms with Gasteiger partial charge < -0.3 is 15.5 Å². The molecule has 1 heterocycles. The second kappa shape index (κ2) is 7.29. The first kappa shape index (κ1) is 18.1. The summed E-state index contributed by atoms with van der Waals surface area (Å²) in [6, 6.07) is 7.17. The summed E-state index contributed by atoms with van der Waals surface area (Å²) in [5.41, 5.74) is 0.923. The maximum Gasteiger partial charge on any atom is 0.319 e. The molecular weight excluding hydrogens is 364 g/mol. The van der Waals surface area contributed by atoms with E-state index in [0.29, 0.717) is 24.2 Å². The molecular formula is C18H16ClF2N3O2. The molecule has 136 valence electrons. The molecule has 5 nitrogen and oxygen atoms in total. The number of carbonyl (C=O) groups excluding carboxylic acids is 2. The van der Waals surface area contributed by atoms with Gasteiger partial charge in [-0.1, -0.05) is 17.7 Å². The van der Waals surface area contributed by atoms with Crippen molar-refractivity contribution in [3.63, 3.8) is 0 Å². The van der Waals surface area contributed by atoms with Gasteiger partial charge in [-0.05, 0) is 49.2 Å². The standard InChI is InChI=1S/C18H16ClF2N3O2/c1-10-9-11(5-6-13(10)20)24-8-7-15(17(24)25)23-18(26)22-14-4-2-3-12(19)16(14)21/h2-6,9,15H,7-8H2,1H3,(H2,22,23,26)/t15-/m0/s1. The molecule has 0 aliphatic carbocycles. The maximum absolute atomic E-state index is 13.8. The van der Waals surface area contributed by atoms with Gasteiger partial charge in [-0.15, -0.1) is 0 Å². The molecule has 0 unspecified atom stereocenters. The molecule has 0 aromatic heterocycles. The summed E-state index contributed by atoms with van der Waals surface area (Å²) in [5, 5.41) is 4.75. The van der Waals surface area contributed by atoms with Crippen molar-refractivity contribution in [2.45, 2.75) is 19.4 Å². The Balaban J connectivity index is 1.66. The lowest BCUT2D eigenvalue weighted by atomic mass is 10.2. The molecule has 2 aromatic rings. The quantitative estimate of drug-likeness (QED) is 0.850. The largest absolute Gasteiger partial charge is 0.326 e. The predicted molar refractivity (Wildman–Crippen MR) is 95.5 cm³/mol. The van der Waals surface area contributed by atoms with Gasteiger partial charge in [0, 0.05) is 12.2 Å². The average molecular weight is 380 g/mol. The fourth-order valence-electron chi connectivity index (χ4n) is 2.78. The summed E-state index contributed by atoms with van der Waals surface area (Å²) in [6.45, 7) is 2.00. The van der Waals surface area contributed by atoms with Crippen LogP contribution in [0.15, 0.2) is 36.4 Å². The van der Waals surface area contributed by atoms with Crippen LogP contribution in [-0.2, 0) is 4.79 Å². The highest BCUT2D eigenvalue weighted by Crippen LogP contribution is 2.25. The van der Waals surface area contributed by atoms with Gasteiger partial charge in [0.2, 0.25) is 5.91 Å². The number of rotatable bonds is 3. The molecule has 0 spiro atoms. The molecule has 1 atom stereocenters. The monoisotopic (exact) mass is 379 g/mol. The van der Waals surface area contributed by atoms with Crippen LogP contribution >= 0.6 is 11.6 Å².